The average molecular weight is 508 g/mol. The summed E-state index contributed by atoms with van der Waals surface area (Å²) in [6.07, 6.45) is 4.66. The third-order valence-corrected chi connectivity index (χ3v) is 5.39. The van der Waals surface area contributed by atoms with Crippen LogP contribution >= 0.6 is 24.0 Å². The minimum Gasteiger partial charge on any atom is -0.356 e. The number of rotatable bonds is 8. The fourth-order valence-electron chi connectivity index (χ4n) is 2.63. The highest BCUT2D eigenvalue weighted by Crippen LogP contribution is 2.18. The first-order valence-electron chi connectivity index (χ1n) is 8.83. The number of benzene rings is 1. The predicted octanol–water partition coefficient (Wildman–Crippen LogP) is 1.74. The van der Waals surface area contributed by atoms with Crippen LogP contribution in [0.25, 0.3) is 0 Å². The number of hydrogen-bond donors (Lipinski definition) is 3. The van der Waals surface area contributed by atoms with E-state index < -0.39 is 9.84 Å². The number of nitrogens with one attached hydrogen (secondary N) is 3. The Balaban J connectivity index is 0.00000364. The second kappa shape index (κ2) is 10.8. The molecule has 0 atom stereocenters. The fourth-order valence-corrected chi connectivity index (χ4v) is 3.59. The van der Waals surface area contributed by atoms with Crippen molar-refractivity contribution in [3.63, 3.8) is 0 Å². The van der Waals surface area contributed by atoms with Crippen LogP contribution in [0.1, 0.15) is 36.8 Å². The SMILES string of the molecule is CN=C(NCCCC(=O)NC1CC1)NCc1ccc(S(C)(=O)=O)c(C)c1.I. The lowest BCUT2D eigenvalue weighted by Gasteiger charge is -2.13. The number of aryl methyl sites for hydroxylation is 1. The molecule has 0 aromatic heterocycles. The first kappa shape index (κ1) is 23.7. The Hall–Kier alpha value is -1.36. The summed E-state index contributed by atoms with van der Waals surface area (Å²) < 4.78 is 23.3. The largest absolute Gasteiger partial charge is 0.356 e. The van der Waals surface area contributed by atoms with Crippen molar-refractivity contribution >= 4 is 45.7 Å². The molecule has 1 aromatic carbocycles. The topological polar surface area (TPSA) is 99.7 Å². The van der Waals surface area contributed by atoms with Crippen LogP contribution in [0.4, 0.5) is 0 Å². The number of hydrogen-bond acceptors (Lipinski definition) is 4. The van der Waals surface area contributed by atoms with E-state index in [1.54, 1.807) is 26.1 Å². The van der Waals surface area contributed by atoms with Crippen molar-refractivity contribution in [3.05, 3.63) is 29.3 Å². The van der Waals surface area contributed by atoms with E-state index in [9.17, 15) is 13.2 Å². The maximum atomic E-state index is 11.7. The van der Waals surface area contributed by atoms with Gasteiger partial charge in [0.05, 0.1) is 4.90 Å². The van der Waals surface area contributed by atoms with Gasteiger partial charge in [-0.25, -0.2) is 8.42 Å². The predicted molar refractivity (Wildman–Crippen MR) is 118 cm³/mol. The molecule has 152 valence electrons. The Kier molecular flexibility index (Phi) is 9.51. The summed E-state index contributed by atoms with van der Waals surface area (Å²) >= 11 is 0. The molecule has 1 saturated carbocycles. The van der Waals surface area contributed by atoms with Gasteiger partial charge in [-0.1, -0.05) is 12.1 Å². The van der Waals surface area contributed by atoms with Crippen molar-refractivity contribution in [1.82, 2.24) is 16.0 Å². The molecule has 1 fully saturated rings. The molecule has 0 unspecified atom stereocenters. The normalized spacial score (nSPS) is 14.3. The lowest BCUT2D eigenvalue weighted by Crippen LogP contribution is -2.37. The molecular weight excluding hydrogens is 479 g/mol. The number of amides is 1. The molecular formula is C18H29IN4O3S. The Labute approximate surface area is 178 Å². The average Bonchev–Trinajstić information content (AvgIpc) is 3.37. The second-order valence-corrected chi connectivity index (χ2v) is 8.65. The van der Waals surface area contributed by atoms with E-state index in [0.717, 1.165) is 30.4 Å². The molecule has 0 saturated heterocycles. The van der Waals surface area contributed by atoms with E-state index in [2.05, 4.69) is 20.9 Å². The maximum absolute atomic E-state index is 11.7. The van der Waals surface area contributed by atoms with Gasteiger partial charge >= 0.3 is 0 Å². The van der Waals surface area contributed by atoms with Crippen LogP contribution in [0.2, 0.25) is 0 Å². The standard InChI is InChI=1S/C18H28N4O3S.HI/c1-13-11-14(6-9-16(13)26(3,24)25)12-21-18(19-2)20-10-4-5-17(23)22-15-7-8-15;/h6,9,11,15H,4-5,7-8,10,12H2,1-3H3,(H,22,23)(H2,19,20,21);1H. The lowest BCUT2D eigenvalue weighted by molar-refractivity contribution is -0.121. The number of carbonyl (C=O) groups is 1. The third kappa shape index (κ3) is 8.46. The first-order chi connectivity index (χ1) is 12.3. The molecule has 0 heterocycles. The molecule has 1 aliphatic carbocycles. The minimum atomic E-state index is -3.20. The quantitative estimate of drug-likeness (QED) is 0.215. The number of sulfone groups is 1. The van der Waals surface area contributed by atoms with Gasteiger partial charge in [-0.3, -0.25) is 9.79 Å². The van der Waals surface area contributed by atoms with Gasteiger partial charge in [-0.05, 0) is 43.4 Å². The highest BCUT2D eigenvalue weighted by atomic mass is 127. The van der Waals surface area contributed by atoms with Crippen LogP contribution < -0.4 is 16.0 Å². The summed E-state index contributed by atoms with van der Waals surface area (Å²) in [5.74, 6) is 0.760. The monoisotopic (exact) mass is 508 g/mol. The van der Waals surface area contributed by atoms with E-state index in [1.807, 2.05) is 6.07 Å². The van der Waals surface area contributed by atoms with Crippen molar-refractivity contribution < 1.29 is 13.2 Å². The summed E-state index contributed by atoms with van der Waals surface area (Å²) in [5.41, 5.74) is 1.71. The Morgan fingerprint density at radius 1 is 1.26 bits per heavy atom. The van der Waals surface area contributed by atoms with Gasteiger partial charge in [0.25, 0.3) is 0 Å². The number of guanidine groups is 1. The smallest absolute Gasteiger partial charge is 0.220 e. The van der Waals surface area contributed by atoms with E-state index >= 15 is 0 Å². The third-order valence-electron chi connectivity index (χ3n) is 4.14. The van der Waals surface area contributed by atoms with Crippen LogP contribution in [-0.4, -0.2) is 46.2 Å². The fraction of sp³-hybridized carbons (Fsp3) is 0.556. The molecule has 1 aromatic rings. The Morgan fingerprint density at radius 3 is 2.52 bits per heavy atom. The first-order valence-corrected chi connectivity index (χ1v) is 10.7. The summed E-state index contributed by atoms with van der Waals surface area (Å²) in [6.45, 7) is 2.98. The molecule has 2 rings (SSSR count). The second-order valence-electron chi connectivity index (χ2n) is 6.67. The summed E-state index contributed by atoms with van der Waals surface area (Å²) in [7, 11) is -1.51. The number of nitrogens with zero attached hydrogens (tertiary/aromatic N) is 1. The Bertz CT molecular complexity index is 777. The van der Waals surface area contributed by atoms with Gasteiger partial charge in [0.1, 0.15) is 0 Å². The van der Waals surface area contributed by atoms with E-state index in [-0.39, 0.29) is 29.9 Å². The van der Waals surface area contributed by atoms with Crippen LogP contribution in [-0.2, 0) is 21.2 Å². The van der Waals surface area contributed by atoms with Gasteiger partial charge in [0, 0.05) is 38.9 Å². The number of halogens is 1. The van der Waals surface area contributed by atoms with Crippen molar-refractivity contribution in [2.75, 3.05) is 19.8 Å². The van der Waals surface area contributed by atoms with E-state index in [0.29, 0.717) is 36.4 Å². The zero-order valence-electron chi connectivity index (χ0n) is 16.0. The molecule has 1 aliphatic rings. The highest BCUT2D eigenvalue weighted by molar-refractivity contribution is 14.0. The van der Waals surface area contributed by atoms with Crippen LogP contribution in [0.5, 0.6) is 0 Å². The molecule has 0 spiro atoms. The summed E-state index contributed by atoms with van der Waals surface area (Å²) in [4.78, 5) is 16.1. The zero-order chi connectivity index (χ0) is 19.2. The van der Waals surface area contributed by atoms with Gasteiger partial charge < -0.3 is 16.0 Å². The van der Waals surface area contributed by atoms with E-state index in [1.165, 1.54) is 6.26 Å². The molecule has 9 heteroatoms. The molecule has 1 amide bonds. The van der Waals surface area contributed by atoms with E-state index in [4.69, 9.17) is 0 Å². The van der Waals surface area contributed by atoms with Crippen LogP contribution in [0.3, 0.4) is 0 Å². The maximum Gasteiger partial charge on any atom is 0.220 e. The van der Waals surface area contributed by atoms with Crippen LogP contribution in [0.15, 0.2) is 28.1 Å². The molecule has 3 N–H and O–H groups in total. The van der Waals surface area contributed by atoms with Gasteiger partial charge in [-0.2, -0.15) is 0 Å². The molecule has 0 aliphatic heterocycles. The number of aliphatic imine (C=N–C) groups is 1. The minimum absolute atomic E-state index is 0. The van der Waals surface area contributed by atoms with Crippen molar-refractivity contribution in [1.29, 1.82) is 0 Å². The zero-order valence-corrected chi connectivity index (χ0v) is 19.2. The van der Waals surface area contributed by atoms with Gasteiger partial charge in [0.2, 0.25) is 5.91 Å². The van der Waals surface area contributed by atoms with Crippen molar-refractivity contribution in [2.24, 2.45) is 4.99 Å². The van der Waals surface area contributed by atoms with Crippen molar-refractivity contribution in [3.8, 4) is 0 Å². The highest BCUT2D eigenvalue weighted by Gasteiger charge is 2.22. The van der Waals surface area contributed by atoms with Gasteiger partial charge in [0.15, 0.2) is 15.8 Å². The van der Waals surface area contributed by atoms with Crippen molar-refractivity contribution in [2.45, 2.75) is 50.1 Å². The molecule has 0 radical (unpaired) electrons. The summed E-state index contributed by atoms with van der Waals surface area (Å²) in [5, 5.41) is 9.34. The number of carbonyl (C=O) groups excluding carboxylic acids is 1. The lowest BCUT2D eigenvalue weighted by atomic mass is 10.1. The molecule has 7 nitrogen and oxygen atoms in total. The van der Waals surface area contributed by atoms with Gasteiger partial charge in [-0.15, -0.1) is 24.0 Å². The van der Waals surface area contributed by atoms with Crippen LogP contribution in [0, 0.1) is 6.92 Å². The Morgan fingerprint density at radius 2 is 1.96 bits per heavy atom. The molecule has 27 heavy (non-hydrogen) atoms. The molecule has 0 bridgehead atoms. The summed E-state index contributed by atoms with van der Waals surface area (Å²) in [6, 6.07) is 5.70.